The van der Waals surface area contributed by atoms with Crippen LogP contribution in [0.25, 0.3) is 6.08 Å². The SMILES string of the molecule is C=CCN1C(=O)C(=Cc2ccc3c(c2)OCO3)SC1=S. The number of carbonyl (C=O) groups excluding carboxylic acids is 1. The van der Waals surface area contributed by atoms with E-state index in [1.54, 1.807) is 6.08 Å². The van der Waals surface area contributed by atoms with E-state index in [2.05, 4.69) is 6.58 Å². The van der Waals surface area contributed by atoms with Crippen molar-refractivity contribution < 1.29 is 14.3 Å². The minimum Gasteiger partial charge on any atom is -0.454 e. The number of amides is 1. The number of thioether (sulfide) groups is 1. The number of thiocarbonyl (C=S) groups is 1. The summed E-state index contributed by atoms with van der Waals surface area (Å²) >= 11 is 6.49. The van der Waals surface area contributed by atoms with E-state index in [4.69, 9.17) is 21.7 Å². The van der Waals surface area contributed by atoms with Crippen molar-refractivity contribution in [2.75, 3.05) is 13.3 Å². The fraction of sp³-hybridized carbons (Fsp3) is 0.143. The molecular formula is C14H11NO3S2. The maximum atomic E-state index is 12.2. The Morgan fingerprint density at radius 3 is 3.00 bits per heavy atom. The third-order valence-corrected chi connectivity index (χ3v) is 4.26. The molecule has 0 spiro atoms. The highest BCUT2D eigenvalue weighted by Gasteiger charge is 2.31. The van der Waals surface area contributed by atoms with Crippen molar-refractivity contribution in [3.8, 4) is 11.5 Å². The molecule has 20 heavy (non-hydrogen) atoms. The van der Waals surface area contributed by atoms with Crippen molar-refractivity contribution in [3.63, 3.8) is 0 Å². The van der Waals surface area contributed by atoms with Crippen LogP contribution in [0, 0.1) is 0 Å². The molecule has 102 valence electrons. The lowest BCUT2D eigenvalue weighted by atomic mass is 10.2. The highest BCUT2D eigenvalue weighted by molar-refractivity contribution is 8.26. The van der Waals surface area contributed by atoms with E-state index >= 15 is 0 Å². The zero-order valence-corrected chi connectivity index (χ0v) is 12.1. The summed E-state index contributed by atoms with van der Waals surface area (Å²) in [5, 5.41) is 0. The molecule has 3 rings (SSSR count). The number of nitrogens with zero attached hydrogens (tertiary/aromatic N) is 1. The summed E-state index contributed by atoms with van der Waals surface area (Å²) in [7, 11) is 0. The summed E-state index contributed by atoms with van der Waals surface area (Å²) in [5.41, 5.74) is 0.883. The Morgan fingerprint density at radius 2 is 2.20 bits per heavy atom. The van der Waals surface area contributed by atoms with Gasteiger partial charge < -0.3 is 9.47 Å². The van der Waals surface area contributed by atoms with Crippen LogP contribution in [0.15, 0.2) is 35.8 Å². The van der Waals surface area contributed by atoms with Crippen molar-refractivity contribution >= 4 is 40.3 Å². The Morgan fingerprint density at radius 1 is 1.40 bits per heavy atom. The Hall–Kier alpha value is -1.79. The van der Waals surface area contributed by atoms with Crippen LogP contribution < -0.4 is 9.47 Å². The maximum Gasteiger partial charge on any atom is 0.266 e. The third-order valence-electron chi connectivity index (χ3n) is 2.88. The van der Waals surface area contributed by atoms with Crippen molar-refractivity contribution in [1.82, 2.24) is 4.90 Å². The highest BCUT2D eigenvalue weighted by atomic mass is 32.2. The van der Waals surface area contributed by atoms with Crippen LogP contribution in [0.3, 0.4) is 0 Å². The normalized spacial score (nSPS) is 19.0. The zero-order valence-electron chi connectivity index (χ0n) is 10.5. The molecule has 0 aromatic heterocycles. The molecule has 2 aliphatic rings. The zero-order chi connectivity index (χ0) is 14.1. The summed E-state index contributed by atoms with van der Waals surface area (Å²) in [6.45, 7) is 4.30. The van der Waals surface area contributed by atoms with Crippen LogP contribution in [-0.2, 0) is 4.79 Å². The van der Waals surface area contributed by atoms with Crippen molar-refractivity contribution in [3.05, 3.63) is 41.3 Å². The van der Waals surface area contributed by atoms with Gasteiger partial charge in [-0.3, -0.25) is 9.69 Å². The van der Waals surface area contributed by atoms with E-state index in [0.29, 0.717) is 21.5 Å². The summed E-state index contributed by atoms with van der Waals surface area (Å²) in [6, 6.07) is 5.56. The molecular weight excluding hydrogens is 294 g/mol. The molecule has 0 unspecified atom stereocenters. The van der Waals surface area contributed by atoms with E-state index in [1.165, 1.54) is 16.7 Å². The van der Waals surface area contributed by atoms with Gasteiger partial charge in [0.25, 0.3) is 5.91 Å². The van der Waals surface area contributed by atoms with Gasteiger partial charge in [0.15, 0.2) is 11.5 Å². The molecule has 2 aliphatic heterocycles. The molecule has 0 N–H and O–H groups in total. The second kappa shape index (κ2) is 5.30. The Bertz CT molecular complexity index is 639. The smallest absolute Gasteiger partial charge is 0.266 e. The van der Waals surface area contributed by atoms with Gasteiger partial charge in [-0.1, -0.05) is 36.1 Å². The predicted molar refractivity (Wildman–Crippen MR) is 82.6 cm³/mol. The Balaban J connectivity index is 1.87. The first-order valence-electron chi connectivity index (χ1n) is 5.95. The standard InChI is InChI=1S/C14H11NO3S2/c1-2-5-15-13(16)12(20-14(15)19)7-9-3-4-10-11(6-9)18-8-17-10/h2-4,6-7H,1,5,8H2. The largest absolute Gasteiger partial charge is 0.454 e. The molecule has 0 aliphatic carbocycles. The van der Waals surface area contributed by atoms with Crippen molar-refractivity contribution in [1.29, 1.82) is 0 Å². The van der Waals surface area contributed by atoms with Gasteiger partial charge in [0, 0.05) is 6.54 Å². The fourth-order valence-electron chi connectivity index (χ4n) is 1.94. The van der Waals surface area contributed by atoms with Gasteiger partial charge in [0.2, 0.25) is 6.79 Å². The molecule has 1 fully saturated rings. The van der Waals surface area contributed by atoms with Gasteiger partial charge in [-0.05, 0) is 23.8 Å². The molecule has 4 nitrogen and oxygen atoms in total. The maximum absolute atomic E-state index is 12.2. The van der Waals surface area contributed by atoms with Crippen LogP contribution in [0.5, 0.6) is 11.5 Å². The van der Waals surface area contributed by atoms with E-state index < -0.39 is 0 Å². The second-order valence-corrected chi connectivity index (χ2v) is 5.87. The van der Waals surface area contributed by atoms with Crippen LogP contribution in [0.4, 0.5) is 0 Å². The molecule has 1 aromatic rings. The molecule has 1 aromatic carbocycles. The van der Waals surface area contributed by atoms with Crippen LogP contribution >= 0.6 is 24.0 Å². The molecule has 0 saturated carbocycles. The highest BCUT2D eigenvalue weighted by Crippen LogP contribution is 2.36. The molecule has 1 amide bonds. The van der Waals surface area contributed by atoms with Crippen LogP contribution in [-0.4, -0.2) is 28.5 Å². The van der Waals surface area contributed by atoms with Crippen LogP contribution in [0.1, 0.15) is 5.56 Å². The Labute approximate surface area is 126 Å². The molecule has 6 heteroatoms. The van der Waals surface area contributed by atoms with E-state index in [-0.39, 0.29) is 12.7 Å². The number of rotatable bonds is 3. The third kappa shape index (κ3) is 2.32. The van der Waals surface area contributed by atoms with Gasteiger partial charge in [-0.15, -0.1) is 6.58 Å². The van der Waals surface area contributed by atoms with E-state index in [9.17, 15) is 4.79 Å². The lowest BCUT2D eigenvalue weighted by Gasteiger charge is -2.10. The predicted octanol–water partition coefficient (Wildman–Crippen LogP) is 2.80. The van der Waals surface area contributed by atoms with E-state index in [0.717, 1.165) is 11.3 Å². The van der Waals surface area contributed by atoms with Crippen molar-refractivity contribution in [2.45, 2.75) is 0 Å². The van der Waals surface area contributed by atoms with Gasteiger partial charge >= 0.3 is 0 Å². The first kappa shape index (κ1) is 13.2. The molecule has 0 radical (unpaired) electrons. The number of ether oxygens (including phenoxy) is 2. The van der Waals surface area contributed by atoms with Gasteiger partial charge in [-0.25, -0.2) is 0 Å². The quantitative estimate of drug-likeness (QED) is 0.488. The number of hydrogen-bond acceptors (Lipinski definition) is 5. The molecule has 2 heterocycles. The first-order chi connectivity index (χ1) is 9.69. The van der Waals surface area contributed by atoms with Crippen LogP contribution in [0.2, 0.25) is 0 Å². The minimum absolute atomic E-state index is 0.0856. The summed E-state index contributed by atoms with van der Waals surface area (Å²) in [6.07, 6.45) is 3.47. The topological polar surface area (TPSA) is 38.8 Å². The van der Waals surface area contributed by atoms with Gasteiger partial charge in [0.05, 0.1) is 4.91 Å². The Kier molecular flexibility index (Phi) is 3.50. The summed E-state index contributed by atoms with van der Waals surface area (Å²) in [4.78, 5) is 14.3. The monoisotopic (exact) mass is 305 g/mol. The van der Waals surface area contributed by atoms with Gasteiger partial charge in [0.1, 0.15) is 4.32 Å². The van der Waals surface area contributed by atoms with Crippen molar-refractivity contribution in [2.24, 2.45) is 0 Å². The average molecular weight is 305 g/mol. The minimum atomic E-state index is -0.0856. The lowest BCUT2D eigenvalue weighted by Crippen LogP contribution is -2.27. The molecule has 0 bridgehead atoms. The summed E-state index contributed by atoms with van der Waals surface area (Å²) in [5.74, 6) is 1.33. The second-order valence-electron chi connectivity index (χ2n) is 4.19. The lowest BCUT2D eigenvalue weighted by molar-refractivity contribution is -0.121. The van der Waals surface area contributed by atoms with E-state index in [1.807, 2.05) is 24.3 Å². The first-order valence-corrected chi connectivity index (χ1v) is 7.17. The van der Waals surface area contributed by atoms with Gasteiger partial charge in [-0.2, -0.15) is 0 Å². The molecule has 0 atom stereocenters. The molecule has 1 saturated heterocycles. The summed E-state index contributed by atoms with van der Waals surface area (Å²) < 4.78 is 11.1. The fourth-order valence-corrected chi connectivity index (χ4v) is 3.22. The number of fused-ring (bicyclic) bond motifs is 1. The number of hydrogen-bond donors (Lipinski definition) is 0. The number of benzene rings is 1. The number of carbonyl (C=O) groups is 1. The average Bonchev–Trinajstić information content (AvgIpc) is 2.99.